The minimum atomic E-state index is 0. The lowest BCUT2D eigenvalue weighted by molar-refractivity contribution is 0.279. The predicted molar refractivity (Wildman–Crippen MR) is 61.6 cm³/mol. The molecule has 0 radical (unpaired) electrons. The maximum atomic E-state index is 8.16. The third kappa shape index (κ3) is 32.7. The second-order valence-corrected chi connectivity index (χ2v) is 3.32. The number of aliphatic hydroxyl groups excluding tert-OH is 1. The maximum Gasteiger partial charge on any atom is 0.0445 e. The van der Waals surface area contributed by atoms with Gasteiger partial charge in [-0.05, 0) is 26.7 Å². The van der Waals surface area contributed by atoms with Gasteiger partial charge in [-0.2, -0.15) is 0 Å². The summed E-state index contributed by atoms with van der Waals surface area (Å²) in [6.07, 6.45) is 1.63. The normalized spacial score (nSPS) is 13.4. The van der Waals surface area contributed by atoms with Gasteiger partial charge in [0.15, 0.2) is 0 Å². The summed E-state index contributed by atoms with van der Waals surface area (Å²) in [6.45, 7) is 4.02. The lowest BCUT2D eigenvalue weighted by Gasteiger charge is -1.96. The van der Waals surface area contributed by atoms with E-state index in [1.54, 1.807) is 0 Å². The predicted octanol–water partition coefficient (Wildman–Crippen LogP) is 1.10. The Morgan fingerprint density at radius 1 is 1.15 bits per heavy atom. The third-order valence-corrected chi connectivity index (χ3v) is 1.37. The van der Waals surface area contributed by atoms with Crippen LogP contribution in [0.25, 0.3) is 0 Å². The Morgan fingerprint density at radius 3 is 1.54 bits per heavy atom. The minimum absolute atomic E-state index is 0. The summed E-state index contributed by atoms with van der Waals surface area (Å²) >= 11 is 5.32. The summed E-state index contributed by atoms with van der Waals surface area (Å²) in [7, 11) is 0. The van der Waals surface area contributed by atoms with Crippen molar-refractivity contribution in [1.82, 2.24) is 0 Å². The van der Waals surface area contributed by atoms with Crippen molar-refractivity contribution in [2.24, 2.45) is 11.5 Å². The topological polar surface area (TPSA) is 72.3 Å². The first-order valence-corrected chi connectivity index (χ1v) is 4.76. The third-order valence-electron chi connectivity index (χ3n) is 1.15. The first-order valence-electron chi connectivity index (χ1n) is 4.22. The van der Waals surface area contributed by atoms with E-state index in [0.29, 0.717) is 12.3 Å². The summed E-state index contributed by atoms with van der Waals surface area (Å²) in [6, 6.07) is 0.414. The highest BCUT2D eigenvalue weighted by molar-refractivity contribution is 6.17. The zero-order chi connectivity index (χ0) is 9.98. The fourth-order valence-electron chi connectivity index (χ4n) is 0.376. The van der Waals surface area contributed by atoms with Crippen LogP contribution in [0.5, 0.6) is 0 Å². The fourth-order valence-corrected chi connectivity index (χ4v) is 0.720. The van der Waals surface area contributed by atoms with E-state index in [4.69, 9.17) is 28.2 Å². The molecular formula is C8H22Cl2N2O. The smallest absolute Gasteiger partial charge is 0.0445 e. The van der Waals surface area contributed by atoms with Gasteiger partial charge in [0.2, 0.25) is 0 Å². The molecule has 2 unspecified atom stereocenters. The number of halogens is 2. The van der Waals surface area contributed by atoms with Crippen molar-refractivity contribution in [3.63, 3.8) is 0 Å². The highest BCUT2D eigenvalue weighted by atomic mass is 35.5. The molecule has 0 saturated carbocycles. The minimum Gasteiger partial charge on any atom is -0.396 e. The van der Waals surface area contributed by atoms with Gasteiger partial charge in [0.1, 0.15) is 0 Å². The molecule has 0 aromatic heterocycles. The zero-order valence-electron chi connectivity index (χ0n) is 8.37. The molecule has 0 aliphatic heterocycles. The van der Waals surface area contributed by atoms with E-state index in [1.807, 2.05) is 13.8 Å². The van der Waals surface area contributed by atoms with Crippen molar-refractivity contribution in [3.8, 4) is 0 Å². The van der Waals surface area contributed by atoms with Crippen LogP contribution in [0.3, 0.4) is 0 Å². The molecule has 0 heterocycles. The number of hydrogen-bond acceptors (Lipinski definition) is 3. The van der Waals surface area contributed by atoms with Gasteiger partial charge in [-0.1, -0.05) is 0 Å². The molecule has 5 heteroatoms. The Kier molecular flexibility index (Phi) is 22.0. The monoisotopic (exact) mass is 232 g/mol. The Balaban J connectivity index is -0.000000143. The molecule has 13 heavy (non-hydrogen) atoms. The molecule has 0 fully saturated rings. The Labute approximate surface area is 92.2 Å². The lowest BCUT2D eigenvalue weighted by Crippen LogP contribution is -2.15. The Hall–Kier alpha value is 0.460. The van der Waals surface area contributed by atoms with Crippen molar-refractivity contribution in [2.45, 2.75) is 38.8 Å². The average molecular weight is 233 g/mol. The lowest BCUT2D eigenvalue weighted by atomic mass is 10.3. The van der Waals surface area contributed by atoms with E-state index < -0.39 is 0 Å². The van der Waals surface area contributed by atoms with Gasteiger partial charge in [-0.15, -0.1) is 24.0 Å². The molecule has 0 aromatic carbocycles. The Morgan fingerprint density at radius 2 is 1.54 bits per heavy atom. The van der Waals surface area contributed by atoms with Gasteiger partial charge < -0.3 is 16.6 Å². The summed E-state index contributed by atoms with van der Waals surface area (Å²) < 4.78 is 0. The summed E-state index contributed by atoms with van der Waals surface area (Å²) in [5.74, 6) is 0.678. The molecule has 0 aliphatic carbocycles. The van der Waals surface area contributed by atoms with Crippen LogP contribution in [0, 0.1) is 0 Å². The van der Waals surface area contributed by atoms with E-state index in [0.717, 1.165) is 6.42 Å². The van der Waals surface area contributed by atoms with Crippen LogP contribution in [0.4, 0.5) is 0 Å². The standard InChI is InChI=1S/C4H10ClN.C4H11NO.ClH/c1-4(6)2-3-5;1-4(5)2-3-6;/h4H,2-3,6H2,1H3;4,6H,2-3,5H2,1H3;1H. The van der Waals surface area contributed by atoms with Crippen molar-refractivity contribution in [1.29, 1.82) is 0 Å². The van der Waals surface area contributed by atoms with E-state index in [9.17, 15) is 0 Å². The zero-order valence-corrected chi connectivity index (χ0v) is 9.94. The van der Waals surface area contributed by atoms with E-state index in [1.165, 1.54) is 0 Å². The number of aliphatic hydroxyl groups is 1. The van der Waals surface area contributed by atoms with Crippen LogP contribution >= 0.6 is 24.0 Å². The first-order chi connectivity index (χ1) is 5.54. The highest BCUT2D eigenvalue weighted by Crippen LogP contribution is 1.86. The van der Waals surface area contributed by atoms with Crippen LogP contribution in [-0.2, 0) is 0 Å². The summed E-state index contributed by atoms with van der Waals surface area (Å²) in [4.78, 5) is 0. The molecule has 84 valence electrons. The fraction of sp³-hybridized carbons (Fsp3) is 1.00. The molecule has 0 spiro atoms. The van der Waals surface area contributed by atoms with Gasteiger partial charge in [0.05, 0.1) is 0 Å². The van der Waals surface area contributed by atoms with Crippen molar-refractivity contribution < 1.29 is 5.11 Å². The molecule has 0 saturated heterocycles. The van der Waals surface area contributed by atoms with Gasteiger partial charge in [-0.3, -0.25) is 0 Å². The molecule has 0 rings (SSSR count). The molecule has 2 atom stereocenters. The summed E-state index contributed by atoms with van der Waals surface area (Å²) in [5.41, 5.74) is 10.6. The molecule has 0 bridgehead atoms. The van der Waals surface area contributed by atoms with Crippen LogP contribution in [0.2, 0.25) is 0 Å². The van der Waals surface area contributed by atoms with Crippen LogP contribution in [0.15, 0.2) is 0 Å². The van der Waals surface area contributed by atoms with Gasteiger partial charge >= 0.3 is 0 Å². The number of alkyl halides is 1. The average Bonchev–Trinajstić information content (AvgIpc) is 1.87. The number of rotatable bonds is 4. The van der Waals surface area contributed by atoms with Crippen LogP contribution < -0.4 is 11.5 Å². The molecule has 0 aromatic rings. The molecule has 0 amide bonds. The largest absolute Gasteiger partial charge is 0.396 e. The Bertz CT molecular complexity index is 72.5. The van der Waals surface area contributed by atoms with E-state index >= 15 is 0 Å². The van der Waals surface area contributed by atoms with Gasteiger partial charge in [0, 0.05) is 24.6 Å². The first kappa shape index (κ1) is 19.1. The van der Waals surface area contributed by atoms with Gasteiger partial charge in [-0.25, -0.2) is 0 Å². The molecule has 0 aliphatic rings. The van der Waals surface area contributed by atoms with Crippen LogP contribution in [-0.4, -0.2) is 29.7 Å². The second-order valence-electron chi connectivity index (χ2n) is 2.94. The second kappa shape index (κ2) is 15.0. The van der Waals surface area contributed by atoms with E-state index in [-0.39, 0.29) is 31.1 Å². The summed E-state index contributed by atoms with van der Waals surface area (Å²) in [5, 5.41) is 8.16. The molecule has 5 N–H and O–H groups in total. The van der Waals surface area contributed by atoms with Crippen molar-refractivity contribution in [3.05, 3.63) is 0 Å². The number of hydrogen-bond donors (Lipinski definition) is 3. The van der Waals surface area contributed by atoms with Crippen LogP contribution in [0.1, 0.15) is 26.7 Å². The highest BCUT2D eigenvalue weighted by Gasteiger charge is 1.87. The van der Waals surface area contributed by atoms with Gasteiger partial charge in [0.25, 0.3) is 0 Å². The number of nitrogens with two attached hydrogens (primary N) is 2. The molecular weight excluding hydrogens is 211 g/mol. The van der Waals surface area contributed by atoms with E-state index in [2.05, 4.69) is 0 Å². The van der Waals surface area contributed by atoms with Crippen molar-refractivity contribution >= 4 is 24.0 Å². The maximum absolute atomic E-state index is 8.16. The van der Waals surface area contributed by atoms with Crippen molar-refractivity contribution in [2.75, 3.05) is 12.5 Å². The quantitative estimate of drug-likeness (QED) is 0.636. The SMILES string of the molecule is CC(N)CCCl.CC(N)CCO.Cl. The molecule has 3 nitrogen and oxygen atoms in total.